The molecule has 33 heavy (non-hydrogen) atoms. The minimum Gasteiger partial charge on any atom is -0.459 e. The zero-order chi connectivity index (χ0) is 23.4. The molecule has 8 heteroatoms. The number of benzene rings is 1. The summed E-state index contributed by atoms with van der Waals surface area (Å²) >= 11 is 1.72. The Balaban J connectivity index is 1.59. The molecule has 3 aliphatic rings. The van der Waals surface area contributed by atoms with Gasteiger partial charge in [0.1, 0.15) is 0 Å². The third kappa shape index (κ3) is 5.72. The lowest BCUT2D eigenvalue weighted by atomic mass is 9.94. The van der Waals surface area contributed by atoms with Crippen molar-refractivity contribution in [2.24, 2.45) is 4.99 Å². The van der Waals surface area contributed by atoms with Crippen LogP contribution in [0.4, 0.5) is 10.5 Å². The van der Waals surface area contributed by atoms with E-state index in [4.69, 9.17) is 9.73 Å². The van der Waals surface area contributed by atoms with Crippen molar-refractivity contribution in [3.8, 4) is 0 Å². The summed E-state index contributed by atoms with van der Waals surface area (Å²) in [6.45, 7) is 6.41. The lowest BCUT2D eigenvalue weighted by Gasteiger charge is -2.40. The van der Waals surface area contributed by atoms with Crippen LogP contribution in [0.5, 0.6) is 0 Å². The van der Waals surface area contributed by atoms with Crippen molar-refractivity contribution in [1.29, 1.82) is 0 Å². The van der Waals surface area contributed by atoms with E-state index in [-0.39, 0.29) is 30.2 Å². The van der Waals surface area contributed by atoms with Gasteiger partial charge in [0.2, 0.25) is 0 Å². The van der Waals surface area contributed by atoms with Crippen LogP contribution >= 0.6 is 11.8 Å². The molecule has 7 nitrogen and oxygen atoms in total. The van der Waals surface area contributed by atoms with Crippen LogP contribution in [0.2, 0.25) is 0 Å². The molecule has 1 saturated carbocycles. The van der Waals surface area contributed by atoms with Gasteiger partial charge in [-0.25, -0.2) is 14.6 Å². The van der Waals surface area contributed by atoms with Crippen LogP contribution in [0.3, 0.4) is 0 Å². The molecular weight excluding hydrogens is 436 g/mol. The van der Waals surface area contributed by atoms with Crippen molar-refractivity contribution in [2.45, 2.75) is 77.5 Å². The minimum atomic E-state index is -0.334. The quantitative estimate of drug-likeness (QED) is 0.577. The topological polar surface area (TPSA) is 83.0 Å². The number of carbonyl (C=O) groups is 2. The molecule has 1 aliphatic carbocycles. The highest BCUT2D eigenvalue weighted by Gasteiger charge is 2.38. The fraction of sp³-hybridized carbons (Fsp3) is 0.560. The largest absolute Gasteiger partial charge is 0.459 e. The SMILES string of the molecule is CC1=C(C(=O)OC(C)C)C(c2cccc(NC(=O)NC3CCCCC3)c2)N2CCCSC2=N1. The summed E-state index contributed by atoms with van der Waals surface area (Å²) in [4.78, 5) is 32.6. The van der Waals surface area contributed by atoms with Crippen molar-refractivity contribution in [3.63, 3.8) is 0 Å². The van der Waals surface area contributed by atoms with E-state index in [0.717, 1.165) is 42.3 Å². The molecule has 0 bridgehead atoms. The van der Waals surface area contributed by atoms with E-state index in [1.54, 1.807) is 11.8 Å². The third-order valence-electron chi connectivity index (χ3n) is 6.22. The second-order valence-electron chi connectivity index (χ2n) is 9.20. The average molecular weight is 471 g/mol. The first-order chi connectivity index (χ1) is 15.9. The van der Waals surface area contributed by atoms with Crippen LogP contribution in [0.1, 0.15) is 70.9 Å². The van der Waals surface area contributed by atoms with Crippen LogP contribution in [-0.4, -0.2) is 46.5 Å². The number of hydrogen-bond acceptors (Lipinski definition) is 6. The highest BCUT2D eigenvalue weighted by atomic mass is 32.2. The molecule has 2 aliphatic heterocycles. The summed E-state index contributed by atoms with van der Waals surface area (Å²) in [5.41, 5.74) is 2.91. The van der Waals surface area contributed by atoms with Crippen LogP contribution in [0.15, 0.2) is 40.5 Å². The number of thioether (sulfide) groups is 1. The van der Waals surface area contributed by atoms with Gasteiger partial charge in [0.05, 0.1) is 23.4 Å². The van der Waals surface area contributed by atoms with Gasteiger partial charge in [-0.2, -0.15) is 0 Å². The molecule has 178 valence electrons. The number of amides is 2. The molecule has 2 heterocycles. The highest BCUT2D eigenvalue weighted by molar-refractivity contribution is 8.13. The number of carbonyl (C=O) groups excluding carboxylic acids is 2. The van der Waals surface area contributed by atoms with E-state index in [2.05, 4.69) is 15.5 Å². The zero-order valence-electron chi connectivity index (χ0n) is 19.7. The number of amidine groups is 1. The summed E-state index contributed by atoms with van der Waals surface area (Å²) in [5, 5.41) is 7.04. The van der Waals surface area contributed by atoms with Gasteiger partial charge >= 0.3 is 12.0 Å². The van der Waals surface area contributed by atoms with Gasteiger partial charge in [0.25, 0.3) is 0 Å². The molecule has 2 amide bonds. The van der Waals surface area contributed by atoms with Crippen molar-refractivity contribution in [2.75, 3.05) is 17.6 Å². The molecule has 4 rings (SSSR count). The first kappa shape index (κ1) is 23.7. The summed E-state index contributed by atoms with van der Waals surface area (Å²) < 4.78 is 5.59. The molecule has 1 aromatic carbocycles. The average Bonchev–Trinajstić information content (AvgIpc) is 2.78. The van der Waals surface area contributed by atoms with Crippen LogP contribution in [0.25, 0.3) is 0 Å². The van der Waals surface area contributed by atoms with Gasteiger partial charge in [-0.1, -0.05) is 43.2 Å². The van der Waals surface area contributed by atoms with E-state index < -0.39 is 0 Å². The number of hydrogen-bond donors (Lipinski definition) is 2. The standard InChI is InChI=1S/C25H34N4O3S/c1-16(2)32-23(30)21-17(3)26-25-29(13-8-14-33-25)22(21)18-9-7-12-20(15-18)28-24(31)27-19-10-5-4-6-11-19/h7,9,12,15-16,19,22H,4-6,8,10-11,13-14H2,1-3H3,(H2,27,28,31). The van der Waals surface area contributed by atoms with Gasteiger partial charge in [0, 0.05) is 24.0 Å². The Kier molecular flexibility index (Phi) is 7.63. The maximum Gasteiger partial charge on any atom is 0.338 e. The number of ether oxygens (including phenoxy) is 1. The van der Waals surface area contributed by atoms with E-state index in [1.165, 1.54) is 19.3 Å². The normalized spacial score (nSPS) is 21.4. The molecule has 0 aromatic heterocycles. The summed E-state index contributed by atoms with van der Waals surface area (Å²) in [6, 6.07) is 7.55. The Morgan fingerprint density at radius 1 is 1.18 bits per heavy atom. The second-order valence-corrected chi connectivity index (χ2v) is 10.3. The molecule has 1 aromatic rings. The fourth-order valence-corrected chi connectivity index (χ4v) is 5.76. The van der Waals surface area contributed by atoms with Crippen molar-refractivity contribution >= 4 is 34.6 Å². The number of rotatable bonds is 5. The lowest BCUT2D eigenvalue weighted by Crippen LogP contribution is -2.42. The molecule has 1 unspecified atom stereocenters. The summed E-state index contributed by atoms with van der Waals surface area (Å²) in [7, 11) is 0. The molecule has 1 saturated heterocycles. The Labute approximate surface area is 200 Å². The van der Waals surface area contributed by atoms with Crippen LogP contribution < -0.4 is 10.6 Å². The molecular formula is C25H34N4O3S. The number of allylic oxidation sites excluding steroid dienone is 1. The Hall–Kier alpha value is -2.48. The minimum absolute atomic E-state index is 0.176. The molecule has 0 spiro atoms. The predicted octanol–water partition coefficient (Wildman–Crippen LogP) is 5.22. The summed E-state index contributed by atoms with van der Waals surface area (Å²) in [6.07, 6.45) is 6.47. The Morgan fingerprint density at radius 2 is 1.97 bits per heavy atom. The number of esters is 1. The molecule has 0 radical (unpaired) electrons. The molecule has 2 N–H and O–H groups in total. The zero-order valence-corrected chi connectivity index (χ0v) is 20.5. The van der Waals surface area contributed by atoms with E-state index in [1.807, 2.05) is 45.0 Å². The number of anilines is 1. The fourth-order valence-electron chi connectivity index (χ4n) is 4.74. The van der Waals surface area contributed by atoms with Gasteiger partial charge < -0.3 is 20.3 Å². The Morgan fingerprint density at radius 3 is 2.73 bits per heavy atom. The highest BCUT2D eigenvalue weighted by Crippen LogP contribution is 2.40. The number of nitrogens with one attached hydrogen (secondary N) is 2. The van der Waals surface area contributed by atoms with Crippen molar-refractivity contribution in [3.05, 3.63) is 41.1 Å². The number of nitrogens with zero attached hydrogens (tertiary/aromatic N) is 2. The molecule has 1 atom stereocenters. The van der Waals surface area contributed by atoms with E-state index >= 15 is 0 Å². The van der Waals surface area contributed by atoms with E-state index in [9.17, 15) is 9.59 Å². The van der Waals surface area contributed by atoms with Crippen LogP contribution in [0, 0.1) is 0 Å². The molecule has 2 fully saturated rings. The number of urea groups is 1. The monoisotopic (exact) mass is 470 g/mol. The maximum absolute atomic E-state index is 13.1. The first-order valence-corrected chi connectivity index (χ1v) is 13.0. The number of aliphatic imine (C=N–C) groups is 1. The first-order valence-electron chi connectivity index (χ1n) is 12.0. The smallest absolute Gasteiger partial charge is 0.338 e. The second kappa shape index (κ2) is 10.6. The van der Waals surface area contributed by atoms with Crippen LogP contribution in [-0.2, 0) is 9.53 Å². The Bertz CT molecular complexity index is 953. The van der Waals surface area contributed by atoms with Gasteiger partial charge in [-0.05, 0) is 57.7 Å². The van der Waals surface area contributed by atoms with Gasteiger partial charge in [0.15, 0.2) is 5.17 Å². The third-order valence-corrected chi connectivity index (χ3v) is 7.30. The van der Waals surface area contributed by atoms with Crippen molar-refractivity contribution < 1.29 is 14.3 Å². The predicted molar refractivity (Wildman–Crippen MR) is 133 cm³/mol. The van der Waals surface area contributed by atoms with Crippen molar-refractivity contribution in [1.82, 2.24) is 10.2 Å². The van der Waals surface area contributed by atoms with Gasteiger partial charge in [-0.15, -0.1) is 0 Å². The van der Waals surface area contributed by atoms with Gasteiger partial charge in [-0.3, -0.25) is 0 Å². The lowest BCUT2D eigenvalue weighted by molar-refractivity contribution is -0.143. The summed E-state index contributed by atoms with van der Waals surface area (Å²) in [5.74, 6) is 0.684. The number of fused-ring (bicyclic) bond motifs is 1. The maximum atomic E-state index is 13.1. The van der Waals surface area contributed by atoms with E-state index in [0.29, 0.717) is 17.0 Å².